The van der Waals surface area contributed by atoms with Gasteiger partial charge in [0, 0.05) is 11.5 Å². The van der Waals surface area contributed by atoms with Gasteiger partial charge in [0.1, 0.15) is 23.1 Å². The zero-order chi connectivity index (χ0) is 22.5. The van der Waals surface area contributed by atoms with Crippen molar-refractivity contribution >= 4 is 23.0 Å². The van der Waals surface area contributed by atoms with Crippen LogP contribution in [0.25, 0.3) is 17.0 Å². The number of fused-ring (bicyclic) bond motifs is 1. The molecule has 0 saturated heterocycles. The Morgan fingerprint density at radius 3 is 2.48 bits per heavy atom. The van der Waals surface area contributed by atoms with Crippen LogP contribution in [0, 0.1) is 0 Å². The van der Waals surface area contributed by atoms with Crippen molar-refractivity contribution in [2.75, 3.05) is 0 Å². The fourth-order valence-corrected chi connectivity index (χ4v) is 3.70. The van der Waals surface area contributed by atoms with E-state index >= 15 is 0 Å². The van der Waals surface area contributed by atoms with Crippen LogP contribution in [0.3, 0.4) is 0 Å². The van der Waals surface area contributed by atoms with Crippen molar-refractivity contribution < 1.29 is 9.21 Å². The number of benzene rings is 3. The van der Waals surface area contributed by atoms with E-state index in [9.17, 15) is 4.79 Å². The maximum Gasteiger partial charge on any atom is 0.244 e. The highest BCUT2D eigenvalue weighted by Gasteiger charge is 2.20. The minimum absolute atomic E-state index is 0.248. The van der Waals surface area contributed by atoms with Crippen LogP contribution in [-0.4, -0.2) is 20.9 Å². The van der Waals surface area contributed by atoms with Crippen molar-refractivity contribution in [3.8, 4) is 0 Å². The number of rotatable bonds is 7. The normalized spacial score (nSPS) is 12.2. The maximum absolute atomic E-state index is 12.8. The third-order valence-corrected chi connectivity index (χ3v) is 5.30. The summed E-state index contributed by atoms with van der Waals surface area (Å²) in [6.45, 7) is 0.621. The summed E-state index contributed by atoms with van der Waals surface area (Å²) in [5, 5.41) is 12.3. The van der Waals surface area contributed by atoms with Gasteiger partial charge in [0.05, 0.1) is 12.7 Å². The van der Waals surface area contributed by atoms with E-state index in [0.717, 1.165) is 22.1 Å². The third-order valence-electron chi connectivity index (χ3n) is 5.30. The Hall–Kier alpha value is -4.45. The van der Waals surface area contributed by atoms with Crippen LogP contribution in [0.5, 0.6) is 0 Å². The number of carbonyl (C=O) groups is 1. The molecule has 1 amide bonds. The Bertz CT molecular complexity index is 1350. The van der Waals surface area contributed by atoms with Gasteiger partial charge in [-0.2, -0.15) is 0 Å². The van der Waals surface area contributed by atoms with E-state index in [1.54, 1.807) is 10.8 Å². The van der Waals surface area contributed by atoms with Crippen molar-refractivity contribution in [1.29, 1.82) is 0 Å². The summed E-state index contributed by atoms with van der Waals surface area (Å²) in [7, 11) is 0. The molecule has 0 radical (unpaired) electrons. The molecule has 33 heavy (non-hydrogen) atoms. The molecule has 0 aliphatic rings. The predicted molar refractivity (Wildman–Crippen MR) is 127 cm³/mol. The summed E-state index contributed by atoms with van der Waals surface area (Å²) >= 11 is 0. The van der Waals surface area contributed by atoms with Gasteiger partial charge in [0.15, 0.2) is 0 Å². The highest BCUT2D eigenvalue weighted by Crippen LogP contribution is 2.28. The van der Waals surface area contributed by atoms with Gasteiger partial charge in [-0.1, -0.05) is 84.1 Å². The molecular formula is C27H22N4O2. The maximum atomic E-state index is 12.8. The molecule has 3 aromatic carbocycles. The Morgan fingerprint density at radius 2 is 1.70 bits per heavy atom. The van der Waals surface area contributed by atoms with Gasteiger partial charge in [-0.15, -0.1) is 5.10 Å². The topological polar surface area (TPSA) is 73.0 Å². The molecule has 5 aromatic rings. The van der Waals surface area contributed by atoms with Crippen molar-refractivity contribution in [2.24, 2.45) is 0 Å². The van der Waals surface area contributed by atoms with Gasteiger partial charge < -0.3 is 9.73 Å². The molecule has 6 nitrogen and oxygen atoms in total. The van der Waals surface area contributed by atoms with Crippen LogP contribution in [-0.2, 0) is 11.3 Å². The lowest BCUT2D eigenvalue weighted by molar-refractivity contribution is -0.117. The summed E-state index contributed by atoms with van der Waals surface area (Å²) in [6.07, 6.45) is 4.94. The minimum Gasteiger partial charge on any atom is -0.459 e. The standard InChI is InChI=1S/C27H22N4O2/c32-26(16-15-23-19-31(30-29-23)18-20-9-3-1-4-10-20)28-27(21-11-5-2-6-12-21)25-17-22-13-7-8-14-24(22)33-25/h1-17,19,27H,18H2,(H,28,32)/b16-15+. The van der Waals surface area contributed by atoms with Crippen molar-refractivity contribution in [1.82, 2.24) is 20.3 Å². The number of carbonyl (C=O) groups excluding carboxylic acids is 1. The fourth-order valence-electron chi connectivity index (χ4n) is 3.70. The molecule has 1 atom stereocenters. The Morgan fingerprint density at radius 1 is 0.970 bits per heavy atom. The summed E-state index contributed by atoms with van der Waals surface area (Å²) < 4.78 is 7.79. The van der Waals surface area contributed by atoms with Crippen LogP contribution < -0.4 is 5.32 Å². The number of hydrogen-bond acceptors (Lipinski definition) is 4. The van der Waals surface area contributed by atoms with Crippen molar-refractivity contribution in [3.05, 3.63) is 126 Å². The van der Waals surface area contributed by atoms with Gasteiger partial charge in [0.2, 0.25) is 5.91 Å². The van der Waals surface area contributed by atoms with Gasteiger partial charge in [-0.3, -0.25) is 4.79 Å². The van der Waals surface area contributed by atoms with Crippen LogP contribution >= 0.6 is 0 Å². The van der Waals surface area contributed by atoms with Crippen molar-refractivity contribution in [2.45, 2.75) is 12.6 Å². The average molecular weight is 434 g/mol. The lowest BCUT2D eigenvalue weighted by Gasteiger charge is -2.16. The molecule has 1 unspecified atom stereocenters. The van der Waals surface area contributed by atoms with E-state index in [-0.39, 0.29) is 5.91 Å². The van der Waals surface area contributed by atoms with Crippen LogP contribution in [0.1, 0.15) is 28.6 Å². The molecule has 162 valence electrons. The van der Waals surface area contributed by atoms with E-state index in [0.29, 0.717) is 18.0 Å². The highest BCUT2D eigenvalue weighted by atomic mass is 16.3. The zero-order valence-electron chi connectivity index (χ0n) is 17.8. The highest BCUT2D eigenvalue weighted by molar-refractivity contribution is 5.92. The van der Waals surface area contributed by atoms with Crippen LogP contribution in [0.4, 0.5) is 0 Å². The second-order valence-corrected chi connectivity index (χ2v) is 7.70. The Kier molecular flexibility index (Phi) is 5.80. The molecule has 6 heteroatoms. The molecule has 2 aromatic heterocycles. The molecule has 0 bridgehead atoms. The smallest absolute Gasteiger partial charge is 0.244 e. The van der Waals surface area contributed by atoms with E-state index in [1.807, 2.05) is 97.2 Å². The number of amides is 1. The van der Waals surface area contributed by atoms with E-state index in [2.05, 4.69) is 15.6 Å². The molecule has 5 rings (SSSR count). The van der Waals surface area contributed by atoms with E-state index < -0.39 is 6.04 Å². The summed E-state index contributed by atoms with van der Waals surface area (Å²) in [5.41, 5.74) is 3.47. The number of hydrogen-bond donors (Lipinski definition) is 1. The average Bonchev–Trinajstić information content (AvgIpc) is 3.49. The minimum atomic E-state index is -0.412. The molecule has 0 aliphatic heterocycles. The van der Waals surface area contributed by atoms with Gasteiger partial charge >= 0.3 is 0 Å². The molecule has 0 fully saturated rings. The fraction of sp³-hybridized carbons (Fsp3) is 0.0741. The first-order valence-corrected chi connectivity index (χ1v) is 10.7. The number of para-hydroxylation sites is 1. The first-order chi connectivity index (χ1) is 16.2. The second kappa shape index (κ2) is 9.36. The first kappa shape index (κ1) is 20.5. The largest absolute Gasteiger partial charge is 0.459 e. The summed E-state index contributed by atoms with van der Waals surface area (Å²) in [6, 6.07) is 29.1. The lowest BCUT2D eigenvalue weighted by Crippen LogP contribution is -2.27. The number of furan rings is 1. The Labute approximate surface area is 191 Å². The molecule has 0 saturated carbocycles. The van der Waals surface area contributed by atoms with Crippen LogP contribution in [0.15, 0.2) is 108 Å². The van der Waals surface area contributed by atoms with Crippen molar-refractivity contribution in [3.63, 3.8) is 0 Å². The summed E-state index contributed by atoms with van der Waals surface area (Å²) in [5.74, 6) is 0.430. The van der Waals surface area contributed by atoms with Crippen LogP contribution in [0.2, 0.25) is 0 Å². The third kappa shape index (κ3) is 4.91. The van der Waals surface area contributed by atoms with Gasteiger partial charge in [0.25, 0.3) is 0 Å². The monoisotopic (exact) mass is 434 g/mol. The lowest BCUT2D eigenvalue weighted by atomic mass is 10.0. The number of nitrogens with one attached hydrogen (secondary N) is 1. The summed E-state index contributed by atoms with van der Waals surface area (Å²) in [4.78, 5) is 12.8. The molecule has 0 spiro atoms. The SMILES string of the molecule is O=C(/C=C/c1cn(Cc2ccccc2)nn1)NC(c1ccccc1)c1cc2ccccc2o1. The van der Waals surface area contributed by atoms with Gasteiger partial charge in [-0.25, -0.2) is 4.68 Å². The van der Waals surface area contributed by atoms with Gasteiger partial charge in [-0.05, 0) is 29.3 Å². The molecule has 1 N–H and O–H groups in total. The Balaban J connectivity index is 1.32. The second-order valence-electron chi connectivity index (χ2n) is 7.70. The molecular weight excluding hydrogens is 412 g/mol. The number of aromatic nitrogens is 3. The predicted octanol–water partition coefficient (Wildman–Crippen LogP) is 4.99. The molecule has 0 aliphatic carbocycles. The van der Waals surface area contributed by atoms with E-state index in [4.69, 9.17) is 4.42 Å². The molecule has 2 heterocycles. The van der Waals surface area contributed by atoms with E-state index in [1.165, 1.54) is 6.08 Å². The number of nitrogens with zero attached hydrogens (tertiary/aromatic N) is 3. The first-order valence-electron chi connectivity index (χ1n) is 10.7. The zero-order valence-corrected chi connectivity index (χ0v) is 17.8. The quantitative estimate of drug-likeness (QED) is 0.366.